The molecule has 2 N–H and O–H groups in total. The topological polar surface area (TPSA) is 83.0 Å². The second kappa shape index (κ2) is 8.80. The van der Waals surface area contributed by atoms with Crippen LogP contribution in [0.3, 0.4) is 0 Å². The Kier molecular flexibility index (Phi) is 6.62. The van der Waals surface area contributed by atoms with Gasteiger partial charge in [-0.2, -0.15) is 4.31 Å². The number of hydrogen-bond acceptors (Lipinski definition) is 4. The zero-order chi connectivity index (χ0) is 20.3. The summed E-state index contributed by atoms with van der Waals surface area (Å²) >= 11 is 0. The highest BCUT2D eigenvalue weighted by Gasteiger charge is 2.41. The summed E-state index contributed by atoms with van der Waals surface area (Å²) in [4.78, 5) is 4.97. The molecule has 1 aromatic rings. The molecule has 2 bridgehead atoms. The lowest BCUT2D eigenvalue weighted by Crippen LogP contribution is -2.47. The van der Waals surface area contributed by atoms with Gasteiger partial charge in [-0.25, -0.2) is 13.4 Å². The summed E-state index contributed by atoms with van der Waals surface area (Å²) in [6.07, 6.45) is 3.99. The van der Waals surface area contributed by atoms with Crippen LogP contribution in [0.15, 0.2) is 34.2 Å². The van der Waals surface area contributed by atoms with Crippen LogP contribution >= 0.6 is 0 Å². The van der Waals surface area contributed by atoms with Gasteiger partial charge in [-0.05, 0) is 57.7 Å². The number of ether oxygens (including phenoxy) is 1. The standard InChI is InChI=1S/C20H32N4O3S/c1-5-21-20(23-18-12-16-8-11-19(18)27-16)22-13-15-6-9-17(10-7-15)28(25,26)24(4)14(2)3/h6-7,9-10,14,16,18-19H,5,8,11-13H2,1-4H3,(H2,21,22,23). The van der Waals surface area contributed by atoms with Crippen LogP contribution in [-0.4, -0.2) is 56.6 Å². The molecule has 0 aromatic heterocycles. The second-order valence-corrected chi connectivity index (χ2v) is 9.81. The molecule has 1 aromatic carbocycles. The summed E-state index contributed by atoms with van der Waals surface area (Å²) in [6.45, 7) is 7.02. The van der Waals surface area contributed by atoms with Crippen LogP contribution in [0, 0.1) is 0 Å². The molecule has 2 aliphatic rings. The fourth-order valence-corrected chi connectivity index (χ4v) is 5.03. The molecule has 0 amide bonds. The van der Waals surface area contributed by atoms with Gasteiger partial charge < -0.3 is 15.4 Å². The number of fused-ring (bicyclic) bond motifs is 2. The maximum absolute atomic E-state index is 12.6. The van der Waals surface area contributed by atoms with Crippen molar-refractivity contribution in [3.63, 3.8) is 0 Å². The highest BCUT2D eigenvalue weighted by molar-refractivity contribution is 7.89. The minimum absolute atomic E-state index is 0.0853. The third-order valence-electron chi connectivity index (χ3n) is 5.52. The van der Waals surface area contributed by atoms with Crippen LogP contribution in [0.2, 0.25) is 0 Å². The summed E-state index contributed by atoms with van der Waals surface area (Å²) in [6, 6.07) is 7.20. The van der Waals surface area contributed by atoms with Crippen molar-refractivity contribution in [1.82, 2.24) is 14.9 Å². The molecule has 0 spiro atoms. The highest BCUT2D eigenvalue weighted by atomic mass is 32.2. The normalized spacial score (nSPS) is 24.9. The molecule has 0 radical (unpaired) electrons. The summed E-state index contributed by atoms with van der Waals surface area (Å²) in [7, 11) is -1.85. The average molecular weight is 409 g/mol. The summed E-state index contributed by atoms with van der Waals surface area (Å²) in [5, 5.41) is 6.78. The zero-order valence-corrected chi connectivity index (χ0v) is 18.0. The number of benzene rings is 1. The van der Waals surface area contributed by atoms with Gasteiger partial charge in [0.25, 0.3) is 0 Å². The zero-order valence-electron chi connectivity index (χ0n) is 17.2. The van der Waals surface area contributed by atoms with Crippen molar-refractivity contribution in [2.24, 2.45) is 4.99 Å². The molecule has 3 rings (SSSR count). The number of nitrogens with zero attached hydrogens (tertiary/aromatic N) is 2. The van der Waals surface area contributed by atoms with E-state index in [0.29, 0.717) is 23.6 Å². The maximum atomic E-state index is 12.6. The minimum atomic E-state index is -3.46. The highest BCUT2D eigenvalue weighted by Crippen LogP contribution is 2.34. The molecule has 156 valence electrons. The smallest absolute Gasteiger partial charge is 0.243 e. The molecule has 28 heavy (non-hydrogen) atoms. The Morgan fingerprint density at radius 2 is 2.00 bits per heavy atom. The van der Waals surface area contributed by atoms with Crippen LogP contribution < -0.4 is 10.6 Å². The third-order valence-corrected chi connectivity index (χ3v) is 7.57. The van der Waals surface area contributed by atoms with Gasteiger partial charge in [0.15, 0.2) is 5.96 Å². The van der Waals surface area contributed by atoms with Crippen molar-refractivity contribution in [1.29, 1.82) is 0 Å². The van der Waals surface area contributed by atoms with E-state index in [0.717, 1.165) is 37.3 Å². The molecule has 2 saturated heterocycles. The molecule has 2 fully saturated rings. The fourth-order valence-electron chi connectivity index (χ4n) is 3.67. The summed E-state index contributed by atoms with van der Waals surface area (Å²) < 4.78 is 32.4. The Hall–Kier alpha value is -1.64. The number of sulfonamides is 1. The van der Waals surface area contributed by atoms with Crippen molar-refractivity contribution in [2.45, 2.75) is 75.8 Å². The Bertz CT molecular complexity index is 792. The van der Waals surface area contributed by atoms with Crippen molar-refractivity contribution >= 4 is 16.0 Å². The lowest BCUT2D eigenvalue weighted by Gasteiger charge is -2.22. The van der Waals surface area contributed by atoms with Crippen LogP contribution in [0.1, 0.15) is 45.6 Å². The lowest BCUT2D eigenvalue weighted by molar-refractivity contribution is 0.0992. The van der Waals surface area contributed by atoms with Crippen LogP contribution in [-0.2, 0) is 21.3 Å². The fraction of sp³-hybridized carbons (Fsp3) is 0.650. The molecule has 2 aliphatic heterocycles. The van der Waals surface area contributed by atoms with E-state index >= 15 is 0 Å². The van der Waals surface area contributed by atoms with E-state index in [-0.39, 0.29) is 12.1 Å². The van der Waals surface area contributed by atoms with Gasteiger partial charge in [-0.1, -0.05) is 12.1 Å². The monoisotopic (exact) mass is 408 g/mol. The van der Waals surface area contributed by atoms with E-state index in [1.54, 1.807) is 19.2 Å². The van der Waals surface area contributed by atoms with Gasteiger partial charge in [-0.3, -0.25) is 0 Å². The molecule has 0 saturated carbocycles. The van der Waals surface area contributed by atoms with Crippen LogP contribution in [0.4, 0.5) is 0 Å². The van der Waals surface area contributed by atoms with Crippen molar-refractivity contribution in [2.75, 3.05) is 13.6 Å². The van der Waals surface area contributed by atoms with Crippen LogP contribution in [0.25, 0.3) is 0 Å². The minimum Gasteiger partial charge on any atom is -0.373 e. The van der Waals surface area contributed by atoms with Crippen molar-refractivity contribution in [3.8, 4) is 0 Å². The Morgan fingerprint density at radius 1 is 1.29 bits per heavy atom. The second-order valence-electron chi connectivity index (χ2n) is 7.81. The van der Waals surface area contributed by atoms with Gasteiger partial charge in [0.2, 0.25) is 10.0 Å². The van der Waals surface area contributed by atoms with E-state index in [9.17, 15) is 8.42 Å². The number of guanidine groups is 1. The Labute approximate surface area is 168 Å². The van der Waals surface area contributed by atoms with E-state index in [1.807, 2.05) is 32.9 Å². The largest absolute Gasteiger partial charge is 0.373 e. The van der Waals surface area contributed by atoms with Gasteiger partial charge in [-0.15, -0.1) is 0 Å². The lowest BCUT2D eigenvalue weighted by atomic mass is 9.96. The molecule has 3 atom stereocenters. The number of aliphatic imine (C=N–C) groups is 1. The predicted octanol–water partition coefficient (Wildman–Crippen LogP) is 2.09. The van der Waals surface area contributed by atoms with E-state index in [1.165, 1.54) is 4.31 Å². The molecule has 0 aliphatic carbocycles. The molecule has 8 heteroatoms. The SMILES string of the molecule is CCNC(=NCc1ccc(S(=O)(=O)N(C)C(C)C)cc1)NC1CC2CCC1O2. The van der Waals surface area contributed by atoms with Gasteiger partial charge in [0.05, 0.1) is 29.7 Å². The molecule has 7 nitrogen and oxygen atoms in total. The first-order chi connectivity index (χ1) is 13.3. The van der Waals surface area contributed by atoms with Crippen molar-refractivity contribution < 1.29 is 13.2 Å². The quantitative estimate of drug-likeness (QED) is 0.533. The third kappa shape index (κ3) is 4.67. The predicted molar refractivity (Wildman–Crippen MR) is 111 cm³/mol. The van der Waals surface area contributed by atoms with E-state index in [4.69, 9.17) is 4.74 Å². The first kappa shape index (κ1) is 21.1. The molecule has 2 heterocycles. The van der Waals surface area contributed by atoms with E-state index < -0.39 is 10.0 Å². The number of hydrogen-bond donors (Lipinski definition) is 2. The molecular weight excluding hydrogens is 376 g/mol. The Morgan fingerprint density at radius 3 is 2.54 bits per heavy atom. The first-order valence-electron chi connectivity index (χ1n) is 10.1. The Balaban J connectivity index is 1.64. The summed E-state index contributed by atoms with van der Waals surface area (Å²) in [5.74, 6) is 0.778. The molecular formula is C20H32N4O3S. The maximum Gasteiger partial charge on any atom is 0.243 e. The van der Waals surface area contributed by atoms with E-state index in [2.05, 4.69) is 15.6 Å². The average Bonchev–Trinajstić information content (AvgIpc) is 3.29. The van der Waals surface area contributed by atoms with Crippen molar-refractivity contribution in [3.05, 3.63) is 29.8 Å². The number of rotatable bonds is 7. The van der Waals surface area contributed by atoms with Gasteiger partial charge in [0.1, 0.15) is 0 Å². The summed E-state index contributed by atoms with van der Waals surface area (Å²) in [5.41, 5.74) is 0.965. The van der Waals surface area contributed by atoms with Gasteiger partial charge in [0, 0.05) is 19.6 Å². The first-order valence-corrected chi connectivity index (χ1v) is 11.5. The number of nitrogens with one attached hydrogen (secondary N) is 2. The van der Waals surface area contributed by atoms with Crippen LogP contribution in [0.5, 0.6) is 0 Å². The molecule has 3 unspecified atom stereocenters. The van der Waals surface area contributed by atoms with Gasteiger partial charge >= 0.3 is 0 Å².